The third kappa shape index (κ3) is 2.89. The molecule has 1 N–H and O–H groups in total. The average molecular weight is 213 g/mol. The summed E-state index contributed by atoms with van der Waals surface area (Å²) in [5.41, 5.74) is 0. The van der Waals surface area contributed by atoms with E-state index >= 15 is 0 Å². The third-order valence-corrected chi connectivity index (χ3v) is 2.28. The summed E-state index contributed by atoms with van der Waals surface area (Å²) in [4.78, 5) is 0. The van der Waals surface area contributed by atoms with E-state index in [0.717, 1.165) is 0 Å². The smallest absolute Gasteiger partial charge is 0.190 e. The molecule has 2 nitrogen and oxygen atoms in total. The number of nitrogens with one attached hydrogen (secondary N) is 1. The number of hydrogen-bond acceptors (Lipinski definition) is 2. The van der Waals surface area contributed by atoms with Crippen molar-refractivity contribution in [3.8, 4) is 5.75 Å². The monoisotopic (exact) mass is 213 g/mol. The fourth-order valence-electron chi connectivity index (χ4n) is 1.32. The van der Waals surface area contributed by atoms with Crippen LogP contribution in [0.3, 0.4) is 0 Å². The van der Waals surface area contributed by atoms with Crippen molar-refractivity contribution in [3.05, 3.63) is 29.8 Å². The molecule has 0 radical (unpaired) electrons. The molecule has 0 bridgehead atoms. The van der Waals surface area contributed by atoms with Gasteiger partial charge in [0.1, 0.15) is 6.61 Å². The molecule has 1 aliphatic carbocycles. The summed E-state index contributed by atoms with van der Waals surface area (Å²) in [5, 5.41) is 3.20. The summed E-state index contributed by atoms with van der Waals surface area (Å²) in [6.07, 6.45) is 2.38. The highest BCUT2D eigenvalue weighted by Crippen LogP contribution is 2.21. The molecule has 0 spiro atoms. The van der Waals surface area contributed by atoms with E-state index in [1.54, 1.807) is 0 Å². The molecule has 1 fully saturated rings. The second-order valence-corrected chi connectivity index (χ2v) is 3.63. The lowest BCUT2D eigenvalue weighted by Crippen LogP contribution is -2.23. The van der Waals surface area contributed by atoms with Crippen LogP contribution in [0.4, 0.5) is 8.78 Å². The zero-order chi connectivity index (χ0) is 10.7. The van der Waals surface area contributed by atoms with E-state index in [2.05, 4.69) is 5.32 Å². The van der Waals surface area contributed by atoms with Crippen molar-refractivity contribution in [2.75, 3.05) is 13.2 Å². The molecule has 82 valence electrons. The van der Waals surface area contributed by atoms with Gasteiger partial charge in [0, 0.05) is 12.6 Å². The Morgan fingerprint density at radius 3 is 2.53 bits per heavy atom. The Hall–Kier alpha value is -1.16. The first-order valence-corrected chi connectivity index (χ1v) is 5.07. The minimum absolute atomic E-state index is 0.282. The van der Waals surface area contributed by atoms with Gasteiger partial charge in [-0.15, -0.1) is 0 Å². The topological polar surface area (TPSA) is 21.3 Å². The van der Waals surface area contributed by atoms with E-state index in [1.807, 2.05) is 0 Å². The van der Waals surface area contributed by atoms with Gasteiger partial charge in [-0.2, -0.15) is 0 Å². The van der Waals surface area contributed by atoms with Crippen LogP contribution in [0.5, 0.6) is 5.75 Å². The highest BCUT2D eigenvalue weighted by molar-refractivity contribution is 5.25. The molecule has 1 aromatic rings. The Kier molecular flexibility index (Phi) is 3.16. The van der Waals surface area contributed by atoms with Gasteiger partial charge in [-0.1, -0.05) is 6.07 Å². The molecular weight excluding hydrogens is 200 g/mol. The first kappa shape index (κ1) is 10.4. The number of benzene rings is 1. The van der Waals surface area contributed by atoms with Crippen LogP contribution < -0.4 is 10.1 Å². The van der Waals surface area contributed by atoms with Gasteiger partial charge in [0.05, 0.1) is 0 Å². The highest BCUT2D eigenvalue weighted by atomic mass is 19.1. The van der Waals surface area contributed by atoms with Crippen LogP contribution in [-0.4, -0.2) is 19.2 Å². The van der Waals surface area contributed by atoms with E-state index in [0.29, 0.717) is 12.6 Å². The molecule has 0 atom stereocenters. The lowest BCUT2D eigenvalue weighted by molar-refractivity contribution is 0.282. The zero-order valence-electron chi connectivity index (χ0n) is 8.30. The van der Waals surface area contributed by atoms with Crippen LogP contribution in [0.25, 0.3) is 0 Å². The number of ether oxygens (including phenoxy) is 1. The van der Waals surface area contributed by atoms with Crippen molar-refractivity contribution >= 4 is 0 Å². The van der Waals surface area contributed by atoms with E-state index in [-0.39, 0.29) is 12.4 Å². The normalized spacial score (nSPS) is 15.3. The van der Waals surface area contributed by atoms with Gasteiger partial charge in [0.25, 0.3) is 0 Å². The van der Waals surface area contributed by atoms with Crippen molar-refractivity contribution in [3.63, 3.8) is 0 Å². The largest absolute Gasteiger partial charge is 0.486 e. The standard InChI is InChI=1S/C11H13F2NO/c12-9-2-1-3-10(13)11(9)15-7-6-14-8-4-5-8/h1-3,8,14H,4-7H2. The Morgan fingerprint density at radius 1 is 1.27 bits per heavy atom. The SMILES string of the molecule is Fc1cccc(F)c1OCCNC1CC1. The Morgan fingerprint density at radius 2 is 1.93 bits per heavy atom. The Labute approximate surface area is 87.2 Å². The highest BCUT2D eigenvalue weighted by Gasteiger charge is 2.19. The average Bonchev–Trinajstić information content (AvgIpc) is 3.00. The molecule has 0 saturated heterocycles. The van der Waals surface area contributed by atoms with Crippen LogP contribution >= 0.6 is 0 Å². The van der Waals surface area contributed by atoms with Gasteiger partial charge in [0.2, 0.25) is 0 Å². The predicted octanol–water partition coefficient (Wildman–Crippen LogP) is 2.10. The summed E-state index contributed by atoms with van der Waals surface area (Å²) in [6, 6.07) is 4.28. The maximum Gasteiger partial charge on any atom is 0.190 e. The summed E-state index contributed by atoms with van der Waals surface area (Å²) in [6.45, 7) is 0.910. The second kappa shape index (κ2) is 4.57. The van der Waals surface area contributed by atoms with Gasteiger partial charge in [-0.3, -0.25) is 0 Å². The molecule has 1 aromatic carbocycles. The van der Waals surface area contributed by atoms with Crippen molar-refractivity contribution in [2.24, 2.45) is 0 Å². The third-order valence-electron chi connectivity index (χ3n) is 2.28. The molecule has 0 amide bonds. The summed E-state index contributed by atoms with van der Waals surface area (Å²) in [7, 11) is 0. The number of rotatable bonds is 5. The second-order valence-electron chi connectivity index (χ2n) is 3.63. The van der Waals surface area contributed by atoms with Crippen LogP contribution in [0.15, 0.2) is 18.2 Å². The van der Waals surface area contributed by atoms with Crippen molar-refractivity contribution in [1.29, 1.82) is 0 Å². The molecule has 1 aliphatic rings. The van der Waals surface area contributed by atoms with Crippen LogP contribution in [0.2, 0.25) is 0 Å². The lowest BCUT2D eigenvalue weighted by atomic mass is 10.3. The van der Waals surface area contributed by atoms with Gasteiger partial charge in [0.15, 0.2) is 17.4 Å². The van der Waals surface area contributed by atoms with Crippen LogP contribution in [0.1, 0.15) is 12.8 Å². The summed E-state index contributed by atoms with van der Waals surface area (Å²) >= 11 is 0. The van der Waals surface area contributed by atoms with Gasteiger partial charge < -0.3 is 10.1 Å². The van der Waals surface area contributed by atoms with E-state index in [9.17, 15) is 8.78 Å². The molecule has 15 heavy (non-hydrogen) atoms. The number of para-hydroxylation sites is 1. The minimum atomic E-state index is -0.651. The van der Waals surface area contributed by atoms with Gasteiger partial charge in [-0.05, 0) is 25.0 Å². The van der Waals surface area contributed by atoms with Crippen molar-refractivity contribution in [1.82, 2.24) is 5.32 Å². The summed E-state index contributed by atoms with van der Waals surface area (Å²) in [5.74, 6) is -1.59. The first-order chi connectivity index (χ1) is 7.27. The fourth-order valence-corrected chi connectivity index (χ4v) is 1.32. The Bertz CT molecular complexity index is 319. The lowest BCUT2D eigenvalue weighted by Gasteiger charge is -2.08. The molecule has 4 heteroatoms. The molecule has 0 aromatic heterocycles. The first-order valence-electron chi connectivity index (χ1n) is 5.07. The Balaban J connectivity index is 1.80. The maximum absolute atomic E-state index is 13.1. The van der Waals surface area contributed by atoms with Crippen molar-refractivity contribution in [2.45, 2.75) is 18.9 Å². The zero-order valence-corrected chi connectivity index (χ0v) is 8.30. The molecule has 1 saturated carbocycles. The van der Waals surface area contributed by atoms with E-state index < -0.39 is 11.6 Å². The van der Waals surface area contributed by atoms with Crippen LogP contribution in [0, 0.1) is 11.6 Å². The predicted molar refractivity (Wildman–Crippen MR) is 52.9 cm³/mol. The van der Waals surface area contributed by atoms with E-state index in [1.165, 1.54) is 31.0 Å². The van der Waals surface area contributed by atoms with Gasteiger partial charge >= 0.3 is 0 Å². The molecular formula is C11H13F2NO. The van der Waals surface area contributed by atoms with Crippen molar-refractivity contribution < 1.29 is 13.5 Å². The number of halogens is 2. The molecule has 0 aliphatic heterocycles. The quantitative estimate of drug-likeness (QED) is 0.756. The molecule has 0 unspecified atom stereocenters. The summed E-state index contributed by atoms with van der Waals surface area (Å²) < 4.78 is 31.2. The van der Waals surface area contributed by atoms with Gasteiger partial charge in [-0.25, -0.2) is 8.78 Å². The van der Waals surface area contributed by atoms with E-state index in [4.69, 9.17) is 4.74 Å². The van der Waals surface area contributed by atoms with Crippen LogP contribution in [-0.2, 0) is 0 Å². The number of hydrogen-bond donors (Lipinski definition) is 1. The molecule has 0 heterocycles. The molecule has 2 rings (SSSR count). The minimum Gasteiger partial charge on any atom is -0.486 e. The maximum atomic E-state index is 13.1. The fraction of sp³-hybridized carbons (Fsp3) is 0.455.